The normalized spacial score (nSPS) is 10.9. The highest BCUT2D eigenvalue weighted by atomic mass is 16.4. The largest absolute Gasteiger partial charge is 0.478 e. The molecule has 0 aliphatic heterocycles. The Balaban J connectivity index is 1.93. The lowest BCUT2D eigenvalue weighted by molar-refractivity contribution is 0.0698. The van der Waals surface area contributed by atoms with E-state index in [4.69, 9.17) is 0 Å². The van der Waals surface area contributed by atoms with Gasteiger partial charge in [0.25, 0.3) is 0 Å². The van der Waals surface area contributed by atoms with Crippen molar-refractivity contribution in [3.8, 4) is 0 Å². The maximum atomic E-state index is 11.2. The van der Waals surface area contributed by atoms with Crippen LogP contribution >= 0.6 is 0 Å². The Morgan fingerprint density at radius 1 is 1.19 bits per heavy atom. The van der Waals surface area contributed by atoms with Crippen LogP contribution in [-0.4, -0.2) is 20.5 Å². The minimum atomic E-state index is -0.954. The van der Waals surface area contributed by atoms with Crippen LogP contribution in [0.1, 0.15) is 34.1 Å². The third kappa shape index (κ3) is 2.65. The lowest BCUT2D eigenvalue weighted by atomic mass is 10.1. The minimum absolute atomic E-state index is 0.227. The first-order valence-corrected chi connectivity index (χ1v) is 6.95. The van der Waals surface area contributed by atoms with Gasteiger partial charge >= 0.3 is 5.97 Å². The van der Waals surface area contributed by atoms with Crippen molar-refractivity contribution in [1.82, 2.24) is 9.38 Å². The molecule has 0 aliphatic carbocycles. The summed E-state index contributed by atoms with van der Waals surface area (Å²) in [4.78, 5) is 15.7. The molecule has 2 heterocycles. The first kappa shape index (κ1) is 13.4. The maximum absolute atomic E-state index is 11.2. The molecule has 0 bridgehead atoms. The van der Waals surface area contributed by atoms with Crippen LogP contribution in [0.25, 0.3) is 5.65 Å². The van der Waals surface area contributed by atoms with Crippen LogP contribution in [0, 0.1) is 0 Å². The lowest BCUT2D eigenvalue weighted by Crippen LogP contribution is -1.99. The fourth-order valence-corrected chi connectivity index (χ4v) is 2.42. The number of benzene rings is 1. The molecule has 21 heavy (non-hydrogen) atoms. The molecule has 4 heteroatoms. The van der Waals surface area contributed by atoms with E-state index in [0.29, 0.717) is 12.1 Å². The van der Waals surface area contributed by atoms with Crippen LogP contribution in [0.5, 0.6) is 0 Å². The Labute approximate surface area is 122 Å². The number of carboxylic acids is 1. The summed E-state index contributed by atoms with van der Waals surface area (Å²) in [6.07, 6.45) is 5.43. The number of hydrogen-bond acceptors (Lipinski definition) is 2. The van der Waals surface area contributed by atoms with Gasteiger partial charge in [-0.3, -0.25) is 0 Å². The predicted octanol–water partition coefficient (Wildman–Crippen LogP) is 3.19. The molecule has 0 fully saturated rings. The minimum Gasteiger partial charge on any atom is -0.478 e. The van der Waals surface area contributed by atoms with Crippen LogP contribution < -0.4 is 0 Å². The molecule has 0 spiro atoms. The van der Waals surface area contributed by atoms with E-state index in [0.717, 1.165) is 12.1 Å². The van der Waals surface area contributed by atoms with Crippen molar-refractivity contribution in [3.05, 3.63) is 71.2 Å². The van der Waals surface area contributed by atoms with Gasteiger partial charge in [0.2, 0.25) is 0 Å². The van der Waals surface area contributed by atoms with Crippen LogP contribution in [0.15, 0.2) is 48.8 Å². The summed E-state index contributed by atoms with van der Waals surface area (Å²) < 4.78 is 1.76. The van der Waals surface area contributed by atoms with E-state index in [1.807, 2.05) is 12.4 Å². The summed E-state index contributed by atoms with van der Waals surface area (Å²) in [7, 11) is 0. The van der Waals surface area contributed by atoms with Gasteiger partial charge in [-0.2, -0.15) is 0 Å². The second kappa shape index (κ2) is 5.40. The number of pyridine rings is 1. The molecule has 0 unspecified atom stereocenters. The Kier molecular flexibility index (Phi) is 3.44. The average molecular weight is 280 g/mol. The Hall–Kier alpha value is -2.62. The number of aromatic nitrogens is 2. The predicted molar refractivity (Wildman–Crippen MR) is 80.8 cm³/mol. The molecule has 106 valence electrons. The highest BCUT2D eigenvalue weighted by molar-refractivity contribution is 5.94. The summed E-state index contributed by atoms with van der Waals surface area (Å²) in [5, 5.41) is 9.19. The summed E-state index contributed by atoms with van der Waals surface area (Å²) in [5.74, 6) is -0.954. The Bertz CT molecular complexity index is 788. The molecule has 4 nitrogen and oxygen atoms in total. The van der Waals surface area contributed by atoms with E-state index in [9.17, 15) is 9.90 Å². The third-order valence-electron chi connectivity index (χ3n) is 3.58. The molecule has 0 atom stereocenters. The van der Waals surface area contributed by atoms with Crippen molar-refractivity contribution in [2.24, 2.45) is 0 Å². The van der Waals surface area contributed by atoms with Gasteiger partial charge in [0, 0.05) is 18.8 Å². The number of carboxylic acid groups (broad SMARTS) is 1. The van der Waals surface area contributed by atoms with Crippen LogP contribution in [0.2, 0.25) is 0 Å². The van der Waals surface area contributed by atoms with E-state index in [1.54, 1.807) is 16.5 Å². The number of aromatic carboxylic acids is 1. The van der Waals surface area contributed by atoms with E-state index in [-0.39, 0.29) is 5.56 Å². The van der Waals surface area contributed by atoms with Gasteiger partial charge < -0.3 is 9.51 Å². The topological polar surface area (TPSA) is 54.6 Å². The van der Waals surface area contributed by atoms with Crippen molar-refractivity contribution in [1.29, 1.82) is 0 Å². The monoisotopic (exact) mass is 280 g/mol. The summed E-state index contributed by atoms with van der Waals surface area (Å²) in [6, 6.07) is 11.7. The highest BCUT2D eigenvalue weighted by Crippen LogP contribution is 2.15. The van der Waals surface area contributed by atoms with Gasteiger partial charge in [0.15, 0.2) is 5.65 Å². The number of rotatable bonds is 4. The van der Waals surface area contributed by atoms with Crippen molar-refractivity contribution in [2.45, 2.75) is 19.8 Å². The molecule has 3 rings (SSSR count). The first-order chi connectivity index (χ1) is 10.2. The number of carbonyl (C=O) groups is 1. The zero-order valence-electron chi connectivity index (χ0n) is 11.8. The fourth-order valence-electron chi connectivity index (χ4n) is 2.42. The Morgan fingerprint density at radius 3 is 2.57 bits per heavy atom. The molecule has 0 aliphatic rings. The first-order valence-electron chi connectivity index (χ1n) is 6.95. The Morgan fingerprint density at radius 2 is 1.90 bits per heavy atom. The highest BCUT2D eigenvalue weighted by Gasteiger charge is 2.11. The number of nitrogens with zero attached hydrogens (tertiary/aromatic N) is 2. The standard InChI is InChI=1S/C17H16N2O2/c1-2-12-5-7-13(8-6-12)10-14-11-19-9-3-4-15(17(20)21)16(19)18-14/h3-9,11H,2,10H2,1H3,(H,20,21). The van der Waals surface area contributed by atoms with Gasteiger partial charge in [-0.15, -0.1) is 0 Å². The summed E-state index contributed by atoms with van der Waals surface area (Å²) in [5.41, 5.74) is 4.07. The zero-order chi connectivity index (χ0) is 14.8. The van der Waals surface area contributed by atoms with E-state index in [1.165, 1.54) is 11.1 Å². The molecular formula is C17H16N2O2. The molecule has 3 aromatic rings. The average Bonchev–Trinajstić information content (AvgIpc) is 2.89. The van der Waals surface area contributed by atoms with Crippen LogP contribution in [0.4, 0.5) is 0 Å². The molecule has 0 radical (unpaired) electrons. The zero-order valence-corrected chi connectivity index (χ0v) is 11.8. The second-order valence-corrected chi connectivity index (χ2v) is 5.04. The van der Waals surface area contributed by atoms with Gasteiger partial charge in [-0.25, -0.2) is 9.78 Å². The number of fused-ring (bicyclic) bond motifs is 1. The van der Waals surface area contributed by atoms with Crippen LogP contribution in [0.3, 0.4) is 0 Å². The van der Waals surface area contributed by atoms with Gasteiger partial charge in [-0.05, 0) is 29.7 Å². The third-order valence-corrected chi connectivity index (χ3v) is 3.58. The molecule has 1 aromatic carbocycles. The second-order valence-electron chi connectivity index (χ2n) is 5.04. The van der Waals surface area contributed by atoms with Gasteiger partial charge in [0.05, 0.1) is 5.69 Å². The van der Waals surface area contributed by atoms with Gasteiger partial charge in [0.1, 0.15) is 5.56 Å². The number of aryl methyl sites for hydroxylation is 1. The van der Waals surface area contributed by atoms with E-state index in [2.05, 4.69) is 36.2 Å². The fraction of sp³-hybridized carbons (Fsp3) is 0.176. The quantitative estimate of drug-likeness (QED) is 0.798. The molecule has 1 N–H and O–H groups in total. The molecule has 0 saturated carbocycles. The SMILES string of the molecule is CCc1ccc(Cc2cn3cccc(C(=O)O)c3n2)cc1. The maximum Gasteiger partial charge on any atom is 0.339 e. The van der Waals surface area contributed by atoms with Crippen molar-refractivity contribution in [3.63, 3.8) is 0 Å². The smallest absolute Gasteiger partial charge is 0.339 e. The lowest BCUT2D eigenvalue weighted by Gasteiger charge is -2.00. The van der Waals surface area contributed by atoms with E-state index < -0.39 is 5.97 Å². The molecule has 2 aromatic heterocycles. The van der Waals surface area contributed by atoms with E-state index >= 15 is 0 Å². The van der Waals surface area contributed by atoms with Crippen molar-refractivity contribution >= 4 is 11.6 Å². The van der Waals surface area contributed by atoms with Crippen molar-refractivity contribution in [2.75, 3.05) is 0 Å². The molecular weight excluding hydrogens is 264 g/mol. The van der Waals surface area contributed by atoms with Crippen molar-refractivity contribution < 1.29 is 9.90 Å². The summed E-state index contributed by atoms with van der Waals surface area (Å²) >= 11 is 0. The number of imidazole rings is 1. The summed E-state index contributed by atoms with van der Waals surface area (Å²) in [6.45, 7) is 2.13. The van der Waals surface area contributed by atoms with Gasteiger partial charge in [-0.1, -0.05) is 31.2 Å². The number of hydrogen-bond donors (Lipinski definition) is 1. The molecule has 0 saturated heterocycles. The molecule has 0 amide bonds. The van der Waals surface area contributed by atoms with Crippen LogP contribution in [-0.2, 0) is 12.8 Å².